The van der Waals surface area contributed by atoms with E-state index in [1.807, 2.05) is 25.6 Å². The van der Waals surface area contributed by atoms with Gasteiger partial charge in [-0.05, 0) is 37.7 Å². The van der Waals surface area contributed by atoms with Gasteiger partial charge in [0.1, 0.15) is 0 Å². The van der Waals surface area contributed by atoms with Gasteiger partial charge in [-0.1, -0.05) is 19.1 Å². The number of rotatable bonds is 4. The number of carbonyl (C=O) groups excluding carboxylic acids is 1. The molecule has 16 heavy (non-hydrogen) atoms. The van der Waals surface area contributed by atoms with Crippen molar-refractivity contribution in [3.05, 3.63) is 0 Å². The van der Waals surface area contributed by atoms with Crippen molar-refractivity contribution < 1.29 is 4.79 Å². The van der Waals surface area contributed by atoms with Crippen molar-refractivity contribution in [2.24, 2.45) is 11.1 Å². The normalized spacial score (nSPS) is 21.1. The number of thioether (sulfide) groups is 1. The lowest BCUT2D eigenvalue weighted by molar-refractivity contribution is -0.127. The van der Waals surface area contributed by atoms with Gasteiger partial charge in [0, 0.05) is 6.04 Å². The summed E-state index contributed by atoms with van der Waals surface area (Å²) in [5.41, 5.74) is 4.96. The second-order valence-electron chi connectivity index (χ2n) is 4.41. The fraction of sp³-hybridized carbons (Fsp3) is 0.818. The Morgan fingerprint density at radius 2 is 2.12 bits per heavy atom. The van der Waals surface area contributed by atoms with Crippen molar-refractivity contribution >= 4 is 34.9 Å². The first kappa shape index (κ1) is 13.8. The standard InChI is InChI=1S/C11H20N2OS2/c1-3-11(2,9(12)15)10(14)13-8-4-6-16-7-5-8/h8H,3-7H2,1-2H3,(H2,12,15)(H,13,14). The van der Waals surface area contributed by atoms with Gasteiger partial charge in [0.25, 0.3) is 0 Å². The Balaban J connectivity index is 2.58. The quantitative estimate of drug-likeness (QED) is 0.756. The van der Waals surface area contributed by atoms with Gasteiger partial charge in [0.15, 0.2) is 0 Å². The number of carbonyl (C=O) groups is 1. The van der Waals surface area contributed by atoms with E-state index < -0.39 is 5.41 Å². The average molecular weight is 260 g/mol. The van der Waals surface area contributed by atoms with Crippen LogP contribution in [-0.2, 0) is 4.79 Å². The molecule has 5 heteroatoms. The van der Waals surface area contributed by atoms with Gasteiger partial charge in [0.2, 0.25) is 5.91 Å². The molecule has 1 amide bonds. The first-order valence-electron chi connectivity index (χ1n) is 5.69. The minimum absolute atomic E-state index is 0.0144. The molecule has 1 rings (SSSR count). The molecule has 1 unspecified atom stereocenters. The third-order valence-corrected chi connectivity index (χ3v) is 4.81. The molecule has 3 nitrogen and oxygen atoms in total. The number of hydrogen-bond donors (Lipinski definition) is 2. The molecule has 92 valence electrons. The van der Waals surface area contributed by atoms with Crippen LogP contribution in [0.4, 0.5) is 0 Å². The van der Waals surface area contributed by atoms with E-state index in [4.69, 9.17) is 18.0 Å². The summed E-state index contributed by atoms with van der Waals surface area (Å²) < 4.78 is 0. The summed E-state index contributed by atoms with van der Waals surface area (Å²) >= 11 is 6.93. The van der Waals surface area contributed by atoms with Gasteiger partial charge in [-0.3, -0.25) is 4.79 Å². The molecule has 1 atom stereocenters. The fourth-order valence-electron chi connectivity index (χ4n) is 1.63. The molecule has 0 aromatic rings. The third-order valence-electron chi connectivity index (χ3n) is 3.31. The molecule has 1 saturated heterocycles. The van der Waals surface area contributed by atoms with E-state index >= 15 is 0 Å². The van der Waals surface area contributed by atoms with E-state index in [0.717, 1.165) is 24.3 Å². The van der Waals surface area contributed by atoms with Crippen LogP contribution in [0.1, 0.15) is 33.1 Å². The summed E-state index contributed by atoms with van der Waals surface area (Å²) in [6.45, 7) is 3.76. The first-order chi connectivity index (χ1) is 7.50. The Morgan fingerprint density at radius 3 is 2.56 bits per heavy atom. The summed E-state index contributed by atoms with van der Waals surface area (Å²) in [5, 5.41) is 3.07. The predicted molar refractivity (Wildman–Crippen MR) is 73.7 cm³/mol. The van der Waals surface area contributed by atoms with Crippen LogP contribution in [0.2, 0.25) is 0 Å². The molecular formula is C11H20N2OS2. The summed E-state index contributed by atoms with van der Waals surface area (Å²) in [6, 6.07) is 0.300. The van der Waals surface area contributed by atoms with Crippen LogP contribution in [0.3, 0.4) is 0 Å². The van der Waals surface area contributed by atoms with Gasteiger partial charge >= 0.3 is 0 Å². The topological polar surface area (TPSA) is 55.1 Å². The molecule has 1 aliphatic rings. The van der Waals surface area contributed by atoms with Crippen LogP contribution < -0.4 is 11.1 Å². The van der Waals surface area contributed by atoms with Gasteiger partial charge < -0.3 is 11.1 Å². The second-order valence-corrected chi connectivity index (χ2v) is 6.07. The van der Waals surface area contributed by atoms with Gasteiger partial charge in [-0.25, -0.2) is 0 Å². The average Bonchev–Trinajstić information content (AvgIpc) is 2.28. The lowest BCUT2D eigenvalue weighted by atomic mass is 9.86. The van der Waals surface area contributed by atoms with Gasteiger partial charge in [-0.2, -0.15) is 11.8 Å². The first-order valence-corrected chi connectivity index (χ1v) is 7.25. The van der Waals surface area contributed by atoms with Crippen molar-refractivity contribution in [2.45, 2.75) is 39.2 Å². The highest BCUT2D eigenvalue weighted by Crippen LogP contribution is 2.24. The summed E-state index contributed by atoms with van der Waals surface area (Å²) in [6.07, 6.45) is 2.75. The van der Waals surface area contributed by atoms with E-state index in [2.05, 4.69) is 5.32 Å². The van der Waals surface area contributed by atoms with Crippen molar-refractivity contribution in [2.75, 3.05) is 11.5 Å². The SMILES string of the molecule is CCC(C)(C(=O)NC1CCSCC1)C(N)=S. The van der Waals surface area contributed by atoms with Crippen LogP contribution in [0.15, 0.2) is 0 Å². The third kappa shape index (κ3) is 3.10. The Labute approximate surface area is 107 Å². The van der Waals surface area contributed by atoms with Crippen LogP contribution in [0, 0.1) is 5.41 Å². The molecule has 1 aliphatic heterocycles. The molecule has 0 aromatic carbocycles. The van der Waals surface area contributed by atoms with Crippen molar-refractivity contribution in [1.82, 2.24) is 5.32 Å². The van der Waals surface area contributed by atoms with E-state index in [-0.39, 0.29) is 10.9 Å². The summed E-state index contributed by atoms with van der Waals surface area (Å²) in [4.78, 5) is 12.4. The smallest absolute Gasteiger partial charge is 0.232 e. The van der Waals surface area contributed by atoms with Crippen molar-refractivity contribution in [3.63, 3.8) is 0 Å². The molecule has 0 aromatic heterocycles. The zero-order chi connectivity index (χ0) is 12.2. The molecule has 3 N–H and O–H groups in total. The number of nitrogens with one attached hydrogen (secondary N) is 1. The van der Waals surface area contributed by atoms with E-state index in [0.29, 0.717) is 12.5 Å². The highest BCUT2D eigenvalue weighted by molar-refractivity contribution is 7.99. The van der Waals surface area contributed by atoms with E-state index in [1.165, 1.54) is 0 Å². The predicted octanol–water partition coefficient (Wildman–Crippen LogP) is 1.70. The molecule has 1 fully saturated rings. The number of hydrogen-bond acceptors (Lipinski definition) is 3. The fourth-order valence-corrected chi connectivity index (χ4v) is 2.98. The highest BCUT2D eigenvalue weighted by Gasteiger charge is 2.35. The second kappa shape index (κ2) is 5.87. The number of nitrogens with two attached hydrogens (primary N) is 1. The lowest BCUT2D eigenvalue weighted by Gasteiger charge is -2.30. The maximum Gasteiger partial charge on any atom is 0.232 e. The monoisotopic (exact) mass is 260 g/mol. The Morgan fingerprint density at radius 1 is 1.56 bits per heavy atom. The zero-order valence-electron chi connectivity index (χ0n) is 9.91. The molecule has 0 spiro atoms. The number of thiocarbonyl (C=S) groups is 1. The molecule has 0 saturated carbocycles. The number of amides is 1. The molecule has 1 heterocycles. The Bertz CT molecular complexity index is 277. The largest absolute Gasteiger partial charge is 0.392 e. The highest BCUT2D eigenvalue weighted by atomic mass is 32.2. The van der Waals surface area contributed by atoms with E-state index in [1.54, 1.807) is 0 Å². The van der Waals surface area contributed by atoms with Crippen molar-refractivity contribution in [3.8, 4) is 0 Å². The van der Waals surface area contributed by atoms with Crippen LogP contribution in [-0.4, -0.2) is 28.4 Å². The maximum absolute atomic E-state index is 12.1. The molecule has 0 radical (unpaired) electrons. The Hall–Kier alpha value is -0.290. The Kier molecular flexibility index (Phi) is 5.05. The zero-order valence-corrected chi connectivity index (χ0v) is 11.5. The van der Waals surface area contributed by atoms with Crippen LogP contribution in [0.25, 0.3) is 0 Å². The van der Waals surface area contributed by atoms with Crippen LogP contribution in [0.5, 0.6) is 0 Å². The summed E-state index contributed by atoms with van der Waals surface area (Å²) in [7, 11) is 0. The minimum atomic E-state index is -0.695. The molecular weight excluding hydrogens is 240 g/mol. The molecule has 0 aliphatic carbocycles. The maximum atomic E-state index is 12.1. The minimum Gasteiger partial charge on any atom is -0.392 e. The molecule has 0 bridgehead atoms. The van der Waals surface area contributed by atoms with Crippen LogP contribution >= 0.6 is 24.0 Å². The van der Waals surface area contributed by atoms with Gasteiger partial charge in [0.05, 0.1) is 10.4 Å². The van der Waals surface area contributed by atoms with Gasteiger partial charge in [-0.15, -0.1) is 0 Å². The van der Waals surface area contributed by atoms with E-state index in [9.17, 15) is 4.79 Å². The van der Waals surface area contributed by atoms with Crippen molar-refractivity contribution in [1.29, 1.82) is 0 Å². The lowest BCUT2D eigenvalue weighted by Crippen LogP contribution is -2.50. The summed E-state index contributed by atoms with van der Waals surface area (Å²) in [5.74, 6) is 2.24.